The van der Waals surface area contributed by atoms with E-state index in [0.717, 1.165) is 6.42 Å². The van der Waals surface area contributed by atoms with Crippen molar-refractivity contribution in [1.82, 2.24) is 4.98 Å². The first kappa shape index (κ1) is 11.0. The Labute approximate surface area is 107 Å². The summed E-state index contributed by atoms with van der Waals surface area (Å²) in [6, 6.07) is 10.9. The highest BCUT2D eigenvalue weighted by Gasteiger charge is 2.42. The Hall–Kier alpha value is -1.15. The lowest BCUT2D eigenvalue weighted by Gasteiger charge is -2.40. The molecule has 1 aliphatic carbocycles. The average Bonchev–Trinajstić information content (AvgIpc) is 2.78. The predicted octanol–water partition coefficient (Wildman–Crippen LogP) is 4.18. The van der Waals surface area contributed by atoms with Crippen LogP contribution in [0.25, 0.3) is 0 Å². The van der Waals surface area contributed by atoms with Gasteiger partial charge in [-0.3, -0.25) is 0 Å². The van der Waals surface area contributed by atoms with Crippen molar-refractivity contribution in [2.24, 2.45) is 0 Å². The molecule has 17 heavy (non-hydrogen) atoms. The third-order valence-corrected chi connectivity index (χ3v) is 4.95. The first-order valence-electron chi connectivity index (χ1n) is 6.35. The Kier molecular flexibility index (Phi) is 2.75. The fourth-order valence-electron chi connectivity index (χ4n) is 2.60. The molecule has 0 atom stereocenters. The first-order chi connectivity index (χ1) is 8.35. The van der Waals surface area contributed by atoms with Gasteiger partial charge in [-0.2, -0.15) is 0 Å². The molecule has 0 spiro atoms. The molecule has 1 nitrogen and oxygen atoms in total. The van der Waals surface area contributed by atoms with Crippen molar-refractivity contribution in [3.05, 3.63) is 52.0 Å². The number of aryl methyl sites for hydroxylation is 1. The van der Waals surface area contributed by atoms with Gasteiger partial charge in [-0.1, -0.05) is 43.7 Å². The summed E-state index contributed by atoms with van der Waals surface area (Å²) in [6.45, 7) is 2.18. The fourth-order valence-corrected chi connectivity index (χ4v) is 3.79. The Balaban J connectivity index is 2.02. The predicted molar refractivity (Wildman–Crippen MR) is 72.6 cm³/mol. The number of thiazole rings is 1. The quantitative estimate of drug-likeness (QED) is 0.788. The van der Waals surface area contributed by atoms with Gasteiger partial charge in [0.05, 0.1) is 5.69 Å². The zero-order valence-corrected chi connectivity index (χ0v) is 11.0. The molecule has 1 fully saturated rings. The second-order valence-electron chi connectivity index (χ2n) is 4.80. The lowest BCUT2D eigenvalue weighted by atomic mass is 9.65. The van der Waals surface area contributed by atoms with Crippen molar-refractivity contribution >= 4 is 11.3 Å². The third-order valence-electron chi connectivity index (χ3n) is 3.86. The molecule has 0 bridgehead atoms. The van der Waals surface area contributed by atoms with Crippen LogP contribution in [0.2, 0.25) is 0 Å². The number of hydrogen-bond donors (Lipinski definition) is 0. The smallest absolute Gasteiger partial charge is 0.103 e. The highest BCUT2D eigenvalue weighted by molar-refractivity contribution is 7.09. The van der Waals surface area contributed by atoms with Crippen LogP contribution >= 0.6 is 11.3 Å². The highest BCUT2D eigenvalue weighted by Crippen LogP contribution is 2.49. The third kappa shape index (κ3) is 1.71. The van der Waals surface area contributed by atoms with Gasteiger partial charge in [0.25, 0.3) is 0 Å². The summed E-state index contributed by atoms with van der Waals surface area (Å²) in [5, 5.41) is 3.55. The Morgan fingerprint density at radius 2 is 2.00 bits per heavy atom. The van der Waals surface area contributed by atoms with Gasteiger partial charge in [-0.25, -0.2) is 4.98 Å². The maximum absolute atomic E-state index is 4.82. The SMILES string of the molecule is CCc1csc(C2(c3ccccc3)CCC2)n1. The van der Waals surface area contributed by atoms with Crippen LogP contribution < -0.4 is 0 Å². The van der Waals surface area contributed by atoms with Gasteiger partial charge < -0.3 is 0 Å². The molecule has 3 rings (SSSR count). The summed E-state index contributed by atoms with van der Waals surface area (Å²) in [7, 11) is 0. The number of nitrogens with zero attached hydrogens (tertiary/aromatic N) is 1. The molecule has 2 aromatic rings. The molecule has 88 valence electrons. The van der Waals surface area contributed by atoms with E-state index < -0.39 is 0 Å². The van der Waals surface area contributed by atoms with E-state index in [1.165, 1.54) is 35.5 Å². The van der Waals surface area contributed by atoms with Crippen molar-refractivity contribution in [2.45, 2.75) is 38.0 Å². The Morgan fingerprint density at radius 1 is 1.24 bits per heavy atom. The maximum Gasteiger partial charge on any atom is 0.103 e. The molecule has 0 radical (unpaired) electrons. The number of rotatable bonds is 3. The normalized spacial score (nSPS) is 17.7. The number of hydrogen-bond acceptors (Lipinski definition) is 2. The van der Waals surface area contributed by atoms with Gasteiger partial charge in [0, 0.05) is 10.8 Å². The fraction of sp³-hybridized carbons (Fsp3) is 0.400. The molecular weight excluding hydrogens is 226 g/mol. The summed E-state index contributed by atoms with van der Waals surface area (Å²) in [6.07, 6.45) is 4.89. The van der Waals surface area contributed by atoms with Gasteiger partial charge in [0.1, 0.15) is 5.01 Å². The summed E-state index contributed by atoms with van der Waals surface area (Å²) >= 11 is 1.84. The van der Waals surface area contributed by atoms with Crippen molar-refractivity contribution in [2.75, 3.05) is 0 Å². The van der Waals surface area contributed by atoms with E-state index in [-0.39, 0.29) is 5.41 Å². The molecule has 1 aromatic carbocycles. The summed E-state index contributed by atoms with van der Waals surface area (Å²) in [4.78, 5) is 4.82. The van der Waals surface area contributed by atoms with Crippen molar-refractivity contribution < 1.29 is 0 Å². The van der Waals surface area contributed by atoms with Crippen LogP contribution in [0.5, 0.6) is 0 Å². The molecule has 0 saturated heterocycles. The standard InChI is InChI=1S/C15H17NS/c1-2-13-11-17-14(16-13)15(9-6-10-15)12-7-4-3-5-8-12/h3-5,7-8,11H,2,6,9-10H2,1H3. The molecule has 1 aliphatic rings. The van der Waals surface area contributed by atoms with Crippen LogP contribution in [0.15, 0.2) is 35.7 Å². The minimum absolute atomic E-state index is 0.235. The lowest BCUT2D eigenvalue weighted by molar-refractivity contribution is 0.300. The molecular formula is C15H17NS. The van der Waals surface area contributed by atoms with E-state index in [9.17, 15) is 0 Å². The van der Waals surface area contributed by atoms with Gasteiger partial charge >= 0.3 is 0 Å². The summed E-state index contributed by atoms with van der Waals surface area (Å²) in [5.74, 6) is 0. The topological polar surface area (TPSA) is 12.9 Å². The van der Waals surface area contributed by atoms with Crippen molar-refractivity contribution in [3.8, 4) is 0 Å². The van der Waals surface area contributed by atoms with Crippen LogP contribution in [0.4, 0.5) is 0 Å². The molecule has 1 aromatic heterocycles. The van der Waals surface area contributed by atoms with E-state index in [2.05, 4.69) is 42.6 Å². The van der Waals surface area contributed by atoms with Crippen LogP contribution in [0.3, 0.4) is 0 Å². The minimum Gasteiger partial charge on any atom is -0.245 e. The molecule has 2 heteroatoms. The highest BCUT2D eigenvalue weighted by atomic mass is 32.1. The van der Waals surface area contributed by atoms with Gasteiger partial charge in [0.2, 0.25) is 0 Å². The Bertz CT molecular complexity index is 497. The van der Waals surface area contributed by atoms with E-state index in [1.54, 1.807) is 0 Å². The van der Waals surface area contributed by atoms with E-state index >= 15 is 0 Å². The number of benzene rings is 1. The minimum atomic E-state index is 0.235. The van der Waals surface area contributed by atoms with Crippen LogP contribution in [0.1, 0.15) is 42.5 Å². The van der Waals surface area contributed by atoms with E-state index in [1.807, 2.05) is 11.3 Å². The van der Waals surface area contributed by atoms with E-state index in [4.69, 9.17) is 4.98 Å². The van der Waals surface area contributed by atoms with Crippen LogP contribution in [-0.4, -0.2) is 4.98 Å². The van der Waals surface area contributed by atoms with Crippen molar-refractivity contribution in [1.29, 1.82) is 0 Å². The molecule has 1 saturated carbocycles. The molecule has 0 aliphatic heterocycles. The lowest BCUT2D eigenvalue weighted by Crippen LogP contribution is -2.35. The largest absolute Gasteiger partial charge is 0.245 e. The first-order valence-corrected chi connectivity index (χ1v) is 7.23. The molecule has 1 heterocycles. The molecule has 0 amide bonds. The van der Waals surface area contributed by atoms with Crippen LogP contribution in [-0.2, 0) is 11.8 Å². The van der Waals surface area contributed by atoms with E-state index in [0.29, 0.717) is 0 Å². The number of aromatic nitrogens is 1. The molecule has 0 N–H and O–H groups in total. The second kappa shape index (κ2) is 4.26. The Morgan fingerprint density at radius 3 is 2.53 bits per heavy atom. The van der Waals surface area contributed by atoms with Gasteiger partial charge in [-0.15, -0.1) is 11.3 Å². The van der Waals surface area contributed by atoms with Crippen LogP contribution in [0, 0.1) is 0 Å². The molecule has 0 unspecified atom stereocenters. The zero-order chi connectivity index (χ0) is 11.7. The zero-order valence-electron chi connectivity index (χ0n) is 10.1. The summed E-state index contributed by atoms with van der Waals surface area (Å²) in [5.41, 5.74) is 2.93. The maximum atomic E-state index is 4.82. The van der Waals surface area contributed by atoms with Gasteiger partial charge in [0.15, 0.2) is 0 Å². The van der Waals surface area contributed by atoms with Gasteiger partial charge in [-0.05, 0) is 24.8 Å². The monoisotopic (exact) mass is 243 g/mol. The summed E-state index contributed by atoms with van der Waals surface area (Å²) < 4.78 is 0. The average molecular weight is 243 g/mol. The second-order valence-corrected chi connectivity index (χ2v) is 5.66. The van der Waals surface area contributed by atoms with Crippen molar-refractivity contribution in [3.63, 3.8) is 0 Å².